The quantitative estimate of drug-likeness (QED) is 0.733. The molecule has 0 spiro atoms. The molecular weight excluding hydrogens is 184 g/mol. The van der Waals surface area contributed by atoms with Crippen LogP contribution in [0.15, 0.2) is 24.3 Å². The van der Waals surface area contributed by atoms with E-state index < -0.39 is 0 Å². The van der Waals surface area contributed by atoms with E-state index in [2.05, 4.69) is 38.1 Å². The van der Waals surface area contributed by atoms with Crippen LogP contribution in [0.5, 0.6) is 0 Å². The molecule has 0 N–H and O–H groups in total. The van der Waals surface area contributed by atoms with Gasteiger partial charge in [-0.05, 0) is 36.3 Å². The van der Waals surface area contributed by atoms with Gasteiger partial charge in [0.2, 0.25) is 0 Å². The van der Waals surface area contributed by atoms with Crippen LogP contribution in [0, 0.1) is 5.92 Å². The molecule has 0 aliphatic heterocycles. The van der Waals surface area contributed by atoms with Gasteiger partial charge in [0.05, 0.1) is 0 Å². The van der Waals surface area contributed by atoms with Gasteiger partial charge in [-0.3, -0.25) is 4.79 Å². The Morgan fingerprint density at radius 1 is 1.27 bits per heavy atom. The van der Waals surface area contributed by atoms with E-state index in [1.54, 1.807) is 6.92 Å². The highest BCUT2D eigenvalue weighted by Gasteiger charge is 2.41. The highest BCUT2D eigenvalue weighted by Crippen LogP contribution is 2.47. The normalized spacial score (nSPS) is 24.3. The van der Waals surface area contributed by atoms with E-state index in [0.717, 1.165) is 6.42 Å². The molecule has 80 valence electrons. The lowest BCUT2D eigenvalue weighted by Gasteiger charge is -2.06. The zero-order chi connectivity index (χ0) is 11.0. The van der Waals surface area contributed by atoms with Gasteiger partial charge in [0, 0.05) is 5.92 Å². The number of carbonyl (C=O) groups is 1. The van der Waals surface area contributed by atoms with Crippen molar-refractivity contribution < 1.29 is 4.79 Å². The number of rotatable bonds is 3. The molecule has 15 heavy (non-hydrogen) atoms. The number of carbonyl (C=O) groups excluding carboxylic acids is 1. The van der Waals surface area contributed by atoms with Crippen molar-refractivity contribution in [1.82, 2.24) is 0 Å². The van der Waals surface area contributed by atoms with Gasteiger partial charge in [-0.25, -0.2) is 0 Å². The monoisotopic (exact) mass is 202 g/mol. The van der Waals surface area contributed by atoms with Crippen LogP contribution in [0.4, 0.5) is 0 Å². The topological polar surface area (TPSA) is 17.1 Å². The molecule has 1 aliphatic rings. The summed E-state index contributed by atoms with van der Waals surface area (Å²) in [5.74, 6) is 1.73. The van der Waals surface area contributed by atoms with Crippen molar-refractivity contribution in [2.24, 2.45) is 5.92 Å². The Labute approximate surface area is 91.5 Å². The molecule has 0 bridgehead atoms. The van der Waals surface area contributed by atoms with Crippen LogP contribution in [0.2, 0.25) is 0 Å². The second kappa shape index (κ2) is 3.80. The molecule has 0 aromatic heterocycles. The van der Waals surface area contributed by atoms with Crippen molar-refractivity contribution in [1.29, 1.82) is 0 Å². The zero-order valence-corrected chi connectivity index (χ0v) is 9.66. The molecule has 0 radical (unpaired) electrons. The highest BCUT2D eigenvalue weighted by molar-refractivity contribution is 5.82. The Kier molecular flexibility index (Phi) is 2.64. The molecular formula is C14H18O. The Balaban J connectivity index is 2.09. The van der Waals surface area contributed by atoms with Crippen LogP contribution in [-0.4, -0.2) is 5.78 Å². The van der Waals surface area contributed by atoms with E-state index in [1.807, 2.05) is 0 Å². The average Bonchev–Trinajstić information content (AvgIpc) is 2.97. The first kappa shape index (κ1) is 10.4. The van der Waals surface area contributed by atoms with E-state index in [0.29, 0.717) is 23.5 Å². The number of hydrogen-bond donors (Lipinski definition) is 0. The van der Waals surface area contributed by atoms with Gasteiger partial charge in [-0.2, -0.15) is 0 Å². The smallest absolute Gasteiger partial charge is 0.133 e. The molecule has 1 heteroatoms. The predicted molar refractivity (Wildman–Crippen MR) is 62.1 cm³/mol. The van der Waals surface area contributed by atoms with Crippen molar-refractivity contribution >= 4 is 5.78 Å². The Morgan fingerprint density at radius 3 is 2.27 bits per heavy atom. The van der Waals surface area contributed by atoms with Gasteiger partial charge in [-0.1, -0.05) is 38.1 Å². The van der Waals surface area contributed by atoms with Crippen LogP contribution in [-0.2, 0) is 4.79 Å². The third-order valence-electron chi connectivity index (χ3n) is 3.34. The lowest BCUT2D eigenvalue weighted by molar-refractivity contribution is -0.118. The molecule has 0 amide bonds. The molecule has 2 rings (SSSR count). The number of ketones is 1. The van der Waals surface area contributed by atoms with E-state index in [9.17, 15) is 4.79 Å². The van der Waals surface area contributed by atoms with Crippen molar-refractivity contribution in [3.05, 3.63) is 35.4 Å². The SMILES string of the molecule is CC(=O)[C@@H]1C[C@@H]1c1ccc(C(C)C)cc1. The predicted octanol–water partition coefficient (Wildman–Crippen LogP) is 3.50. The van der Waals surface area contributed by atoms with Crippen molar-refractivity contribution in [3.8, 4) is 0 Å². The third kappa shape index (κ3) is 2.11. The summed E-state index contributed by atoms with van der Waals surface area (Å²) in [5.41, 5.74) is 2.71. The first-order chi connectivity index (χ1) is 7.09. The Morgan fingerprint density at radius 2 is 1.87 bits per heavy atom. The summed E-state index contributed by atoms with van der Waals surface area (Å²) in [6.45, 7) is 6.10. The van der Waals surface area contributed by atoms with Crippen molar-refractivity contribution in [2.45, 2.75) is 39.0 Å². The van der Waals surface area contributed by atoms with E-state index in [1.165, 1.54) is 11.1 Å². The van der Waals surface area contributed by atoms with Gasteiger partial charge >= 0.3 is 0 Å². The maximum atomic E-state index is 11.2. The Bertz CT molecular complexity index is 361. The standard InChI is InChI=1S/C14H18O/c1-9(2)11-4-6-12(7-5-11)14-8-13(14)10(3)15/h4-7,9,13-14H,8H2,1-3H3/t13-,14+/m0/s1. The molecule has 1 saturated carbocycles. The van der Waals surface area contributed by atoms with Crippen LogP contribution in [0.1, 0.15) is 50.2 Å². The first-order valence-electron chi connectivity index (χ1n) is 5.70. The molecule has 1 fully saturated rings. The summed E-state index contributed by atoms with van der Waals surface area (Å²) >= 11 is 0. The summed E-state index contributed by atoms with van der Waals surface area (Å²) in [4.78, 5) is 11.2. The Hall–Kier alpha value is -1.11. The second-order valence-electron chi connectivity index (χ2n) is 4.88. The van der Waals surface area contributed by atoms with E-state index >= 15 is 0 Å². The van der Waals surface area contributed by atoms with E-state index in [4.69, 9.17) is 0 Å². The molecule has 1 aromatic carbocycles. The summed E-state index contributed by atoms with van der Waals surface area (Å²) in [6, 6.07) is 8.75. The lowest BCUT2D eigenvalue weighted by atomic mass is 9.99. The molecule has 0 heterocycles. The fourth-order valence-electron chi connectivity index (χ4n) is 2.14. The molecule has 0 saturated heterocycles. The van der Waals surface area contributed by atoms with Crippen LogP contribution >= 0.6 is 0 Å². The minimum Gasteiger partial charge on any atom is -0.300 e. The van der Waals surface area contributed by atoms with Gasteiger partial charge in [0.25, 0.3) is 0 Å². The van der Waals surface area contributed by atoms with Crippen molar-refractivity contribution in [2.75, 3.05) is 0 Å². The fraction of sp³-hybridized carbons (Fsp3) is 0.500. The summed E-state index contributed by atoms with van der Waals surface area (Å²) in [7, 11) is 0. The minimum absolute atomic E-state index is 0.301. The highest BCUT2D eigenvalue weighted by atomic mass is 16.1. The molecule has 1 aromatic rings. The second-order valence-corrected chi connectivity index (χ2v) is 4.88. The van der Waals surface area contributed by atoms with Crippen LogP contribution in [0.25, 0.3) is 0 Å². The average molecular weight is 202 g/mol. The zero-order valence-electron chi connectivity index (χ0n) is 9.66. The molecule has 1 nitrogen and oxygen atoms in total. The molecule has 2 atom stereocenters. The third-order valence-corrected chi connectivity index (χ3v) is 3.34. The fourth-order valence-corrected chi connectivity index (χ4v) is 2.14. The number of Topliss-reactive ketones (excluding diaryl/α,β-unsaturated/α-hetero) is 1. The van der Waals surface area contributed by atoms with Gasteiger partial charge in [-0.15, -0.1) is 0 Å². The first-order valence-corrected chi connectivity index (χ1v) is 5.70. The number of benzene rings is 1. The minimum atomic E-state index is 0.301. The van der Waals surface area contributed by atoms with Crippen LogP contribution < -0.4 is 0 Å². The number of hydrogen-bond acceptors (Lipinski definition) is 1. The van der Waals surface area contributed by atoms with Crippen molar-refractivity contribution in [3.63, 3.8) is 0 Å². The maximum Gasteiger partial charge on any atom is 0.133 e. The molecule has 1 aliphatic carbocycles. The van der Waals surface area contributed by atoms with Crippen LogP contribution in [0.3, 0.4) is 0 Å². The lowest BCUT2D eigenvalue weighted by Crippen LogP contribution is -1.95. The van der Waals surface area contributed by atoms with Gasteiger partial charge < -0.3 is 0 Å². The summed E-state index contributed by atoms with van der Waals surface area (Å²) in [6.07, 6.45) is 1.05. The van der Waals surface area contributed by atoms with E-state index in [-0.39, 0.29) is 0 Å². The van der Waals surface area contributed by atoms with Gasteiger partial charge in [0.1, 0.15) is 5.78 Å². The van der Waals surface area contributed by atoms with Gasteiger partial charge in [0.15, 0.2) is 0 Å². The molecule has 0 unspecified atom stereocenters. The summed E-state index contributed by atoms with van der Waals surface area (Å²) in [5, 5.41) is 0. The largest absolute Gasteiger partial charge is 0.300 e. The summed E-state index contributed by atoms with van der Waals surface area (Å²) < 4.78 is 0. The maximum absolute atomic E-state index is 11.2.